The highest BCUT2D eigenvalue weighted by Crippen LogP contribution is 2.35. The number of hydrazone groups is 1. The Morgan fingerprint density at radius 1 is 1.03 bits per heavy atom. The molecule has 34 heavy (non-hydrogen) atoms. The number of rotatable bonds is 7. The zero-order valence-corrected chi connectivity index (χ0v) is 18.0. The summed E-state index contributed by atoms with van der Waals surface area (Å²) in [5.41, 5.74) is -1.32. The van der Waals surface area contributed by atoms with Crippen molar-refractivity contribution in [1.29, 1.82) is 0 Å². The normalized spacial score (nSPS) is 14.5. The average molecular weight is 484 g/mol. The van der Waals surface area contributed by atoms with Gasteiger partial charge >= 0.3 is 5.97 Å². The first-order valence-corrected chi connectivity index (χ1v) is 9.70. The molecule has 1 amide bonds. The molecule has 0 fully saturated rings. The molecule has 0 aliphatic carbocycles. The van der Waals surface area contributed by atoms with Crippen LogP contribution in [0.3, 0.4) is 0 Å². The molecule has 0 N–H and O–H groups in total. The molecule has 0 bridgehead atoms. The van der Waals surface area contributed by atoms with Crippen LogP contribution < -0.4 is 14.5 Å². The van der Waals surface area contributed by atoms with Crippen molar-refractivity contribution < 1.29 is 45.8 Å². The van der Waals surface area contributed by atoms with Crippen LogP contribution in [0.4, 0.5) is 27.6 Å². The number of ether oxygens (including phenoxy) is 3. The molecule has 2 aromatic carbocycles. The third-order valence-electron chi connectivity index (χ3n) is 4.61. The second-order valence-electron chi connectivity index (χ2n) is 6.78. The molecular weight excluding hydrogens is 467 g/mol. The van der Waals surface area contributed by atoms with E-state index in [-0.39, 0.29) is 41.0 Å². The highest BCUT2D eigenvalue weighted by atomic mass is 19.2. The number of anilines is 1. The fraction of sp³-hybridized carbons (Fsp3) is 0.227. The number of hydrogen-bond acceptors (Lipinski definition) is 6. The summed E-state index contributed by atoms with van der Waals surface area (Å²) < 4.78 is 84.1. The van der Waals surface area contributed by atoms with Crippen molar-refractivity contribution in [1.82, 2.24) is 0 Å². The maximum atomic E-state index is 14.2. The van der Waals surface area contributed by atoms with E-state index in [0.29, 0.717) is 5.56 Å². The summed E-state index contributed by atoms with van der Waals surface area (Å²) in [6.07, 6.45) is 1.28. The van der Waals surface area contributed by atoms with Gasteiger partial charge in [-0.25, -0.2) is 26.7 Å². The third-order valence-corrected chi connectivity index (χ3v) is 4.61. The number of hydrogen-bond donors (Lipinski definition) is 0. The van der Waals surface area contributed by atoms with Crippen molar-refractivity contribution in [2.45, 2.75) is 13.8 Å². The zero-order valence-electron chi connectivity index (χ0n) is 18.0. The maximum absolute atomic E-state index is 14.2. The summed E-state index contributed by atoms with van der Waals surface area (Å²) in [4.78, 5) is 24.2. The summed E-state index contributed by atoms with van der Waals surface area (Å²) in [6.45, 7) is 2.78. The van der Waals surface area contributed by atoms with Crippen LogP contribution in [0.1, 0.15) is 19.4 Å². The molecule has 0 spiro atoms. The lowest BCUT2D eigenvalue weighted by atomic mass is 10.1. The Bertz CT molecular complexity index is 1200. The molecule has 2 aromatic rings. The summed E-state index contributed by atoms with van der Waals surface area (Å²) in [5.74, 6) is -12.4. The number of halogens is 5. The lowest BCUT2D eigenvalue weighted by Crippen LogP contribution is -2.25. The van der Waals surface area contributed by atoms with Crippen LogP contribution in [0.2, 0.25) is 0 Å². The van der Waals surface area contributed by atoms with Crippen LogP contribution in [0.25, 0.3) is 6.08 Å². The van der Waals surface area contributed by atoms with Gasteiger partial charge < -0.3 is 14.2 Å². The molecule has 7 nitrogen and oxygen atoms in total. The largest absolute Gasteiger partial charge is 0.493 e. The lowest BCUT2D eigenvalue weighted by molar-refractivity contribution is -0.145. The van der Waals surface area contributed by atoms with Gasteiger partial charge in [-0.15, -0.1) is 0 Å². The topological polar surface area (TPSA) is 77.4 Å². The molecule has 1 aliphatic heterocycles. The first kappa shape index (κ1) is 24.7. The van der Waals surface area contributed by atoms with Gasteiger partial charge in [-0.05, 0) is 37.6 Å². The Morgan fingerprint density at radius 3 is 2.24 bits per heavy atom. The molecule has 0 saturated heterocycles. The highest BCUT2D eigenvalue weighted by molar-refractivity contribution is 6.32. The second-order valence-corrected chi connectivity index (χ2v) is 6.78. The number of carbonyl (C=O) groups excluding carboxylic acids is 2. The average Bonchev–Trinajstić information content (AvgIpc) is 3.08. The SMILES string of the molecule is CCOC(=O)COc1ccc(/C=C2/C(=O)N(c3c(F)c(F)c(F)c(F)c3F)N=C2C)cc1OC. The van der Waals surface area contributed by atoms with E-state index in [2.05, 4.69) is 5.10 Å². The molecule has 0 radical (unpaired) electrons. The van der Waals surface area contributed by atoms with E-state index in [1.807, 2.05) is 0 Å². The van der Waals surface area contributed by atoms with Gasteiger partial charge in [0.1, 0.15) is 5.69 Å². The molecular formula is C22H17F5N2O5. The number of esters is 1. The number of carbonyl (C=O) groups is 2. The molecule has 0 atom stereocenters. The van der Waals surface area contributed by atoms with Crippen LogP contribution in [-0.2, 0) is 14.3 Å². The number of nitrogens with zero attached hydrogens (tertiary/aromatic N) is 2. The van der Waals surface area contributed by atoms with Crippen molar-refractivity contribution in [3.63, 3.8) is 0 Å². The quantitative estimate of drug-likeness (QED) is 0.194. The van der Waals surface area contributed by atoms with Crippen LogP contribution in [0.5, 0.6) is 11.5 Å². The Balaban J connectivity index is 1.92. The summed E-state index contributed by atoms with van der Waals surface area (Å²) in [5, 5.41) is 3.78. The van der Waals surface area contributed by atoms with Gasteiger partial charge in [0, 0.05) is 0 Å². The van der Waals surface area contributed by atoms with Crippen molar-refractivity contribution in [2.75, 3.05) is 25.3 Å². The summed E-state index contributed by atoms with van der Waals surface area (Å²) in [7, 11) is 1.34. The minimum absolute atomic E-state index is 0.0319. The molecule has 1 heterocycles. The van der Waals surface area contributed by atoms with Gasteiger partial charge in [0.2, 0.25) is 5.82 Å². The fourth-order valence-electron chi connectivity index (χ4n) is 3.01. The van der Waals surface area contributed by atoms with Crippen LogP contribution >= 0.6 is 0 Å². The van der Waals surface area contributed by atoms with E-state index in [4.69, 9.17) is 14.2 Å². The predicted molar refractivity (Wildman–Crippen MR) is 110 cm³/mol. The highest BCUT2D eigenvalue weighted by Gasteiger charge is 2.37. The van der Waals surface area contributed by atoms with Gasteiger partial charge in [0.05, 0.1) is 25.0 Å². The zero-order chi connectivity index (χ0) is 25.2. The van der Waals surface area contributed by atoms with Crippen LogP contribution in [-0.4, -0.2) is 37.9 Å². The van der Waals surface area contributed by atoms with E-state index >= 15 is 0 Å². The molecule has 180 valence electrons. The van der Waals surface area contributed by atoms with Crippen LogP contribution in [0, 0.1) is 29.1 Å². The van der Waals surface area contributed by atoms with E-state index < -0.39 is 46.6 Å². The maximum Gasteiger partial charge on any atom is 0.344 e. The van der Waals surface area contributed by atoms with E-state index in [0.717, 1.165) is 0 Å². The van der Waals surface area contributed by atoms with Gasteiger partial charge in [0.25, 0.3) is 5.91 Å². The minimum atomic E-state index is -2.35. The Hall–Kier alpha value is -3.96. The number of methoxy groups -OCH3 is 1. The molecule has 1 aliphatic rings. The summed E-state index contributed by atoms with van der Waals surface area (Å²) >= 11 is 0. The van der Waals surface area contributed by atoms with Gasteiger partial charge in [-0.1, -0.05) is 6.07 Å². The van der Waals surface area contributed by atoms with E-state index in [1.54, 1.807) is 6.92 Å². The predicted octanol–water partition coefficient (Wildman–Crippen LogP) is 4.14. The monoisotopic (exact) mass is 484 g/mol. The molecule has 0 aromatic heterocycles. The smallest absolute Gasteiger partial charge is 0.344 e. The van der Waals surface area contributed by atoms with Crippen molar-refractivity contribution in [3.05, 3.63) is 58.4 Å². The van der Waals surface area contributed by atoms with Crippen LogP contribution in [0.15, 0.2) is 28.9 Å². The van der Waals surface area contributed by atoms with E-state index in [1.165, 1.54) is 38.3 Å². The molecule has 12 heteroatoms. The molecule has 0 unspecified atom stereocenters. The lowest BCUT2D eigenvalue weighted by Gasteiger charge is -2.15. The summed E-state index contributed by atoms with van der Waals surface area (Å²) in [6, 6.07) is 4.37. The first-order chi connectivity index (χ1) is 16.1. The van der Waals surface area contributed by atoms with E-state index in [9.17, 15) is 31.5 Å². The van der Waals surface area contributed by atoms with Crippen molar-refractivity contribution in [3.8, 4) is 11.5 Å². The first-order valence-electron chi connectivity index (χ1n) is 9.70. The van der Waals surface area contributed by atoms with Gasteiger partial charge in [-0.3, -0.25) is 4.79 Å². The minimum Gasteiger partial charge on any atom is -0.493 e. The standard InChI is InChI=1S/C22H17F5N2O5/c1-4-33-15(30)9-34-13-6-5-11(8-14(13)32-3)7-12-10(2)28-29(22(12)31)21-19(26)17(24)16(23)18(25)20(21)27/h5-8H,4,9H2,1-3H3/b12-7+. The third kappa shape index (κ3) is 4.56. The van der Waals surface area contributed by atoms with Crippen molar-refractivity contribution in [2.24, 2.45) is 5.10 Å². The number of benzene rings is 2. The number of amides is 1. The Morgan fingerprint density at radius 2 is 1.65 bits per heavy atom. The van der Waals surface area contributed by atoms with Crippen molar-refractivity contribution >= 4 is 29.4 Å². The molecule has 3 rings (SSSR count). The second kappa shape index (κ2) is 9.89. The van der Waals surface area contributed by atoms with Gasteiger partial charge in [0.15, 0.2) is 41.4 Å². The molecule has 0 saturated carbocycles. The van der Waals surface area contributed by atoms with Gasteiger partial charge in [-0.2, -0.15) is 10.1 Å². The Kier molecular flexibility index (Phi) is 7.18. The fourth-order valence-corrected chi connectivity index (χ4v) is 3.01. The Labute approximate surface area is 190 Å².